The highest BCUT2D eigenvalue weighted by Crippen LogP contribution is 2.38. The van der Waals surface area contributed by atoms with Crippen LogP contribution in [0.5, 0.6) is 0 Å². The van der Waals surface area contributed by atoms with Crippen molar-refractivity contribution in [1.82, 2.24) is 0 Å². The number of carbonyl (C=O) groups excluding carboxylic acids is 2. The average Bonchev–Trinajstić information content (AvgIpc) is 3.12. The van der Waals surface area contributed by atoms with E-state index in [0.29, 0.717) is 30.3 Å². The molecule has 0 rings (SSSR count). The second-order valence-corrected chi connectivity index (χ2v) is 16.8. The SMILES string of the molecule is CCCCCC/C=C/CCCCCCCC(=O)OC[C@H](COP(=O)([O-])OCC[N+](C)(C)C)OC(=O)CCC/C=C/C/C=C/C/C=C/CCCCCCCC. The van der Waals surface area contributed by atoms with Crippen molar-refractivity contribution in [1.29, 1.82) is 0 Å². The van der Waals surface area contributed by atoms with Gasteiger partial charge in [-0.05, 0) is 70.6 Å². The van der Waals surface area contributed by atoms with Gasteiger partial charge in [-0.25, -0.2) is 0 Å². The molecular formula is C44H80NO8P. The van der Waals surface area contributed by atoms with Crippen LogP contribution in [-0.4, -0.2) is 70.0 Å². The largest absolute Gasteiger partial charge is 0.756 e. The second-order valence-electron chi connectivity index (χ2n) is 15.3. The lowest BCUT2D eigenvalue weighted by atomic mass is 10.1. The first kappa shape index (κ1) is 52.0. The zero-order valence-corrected chi connectivity index (χ0v) is 36.0. The summed E-state index contributed by atoms with van der Waals surface area (Å²) in [5, 5.41) is 0. The molecule has 0 N–H and O–H groups in total. The Balaban J connectivity index is 4.49. The Kier molecular flexibility index (Phi) is 35.2. The van der Waals surface area contributed by atoms with Crippen molar-refractivity contribution in [3.05, 3.63) is 48.6 Å². The van der Waals surface area contributed by atoms with Crippen LogP contribution in [0.4, 0.5) is 0 Å². The van der Waals surface area contributed by atoms with Crippen molar-refractivity contribution < 1.29 is 42.1 Å². The normalized spacial score (nSPS) is 14.1. The van der Waals surface area contributed by atoms with Crippen molar-refractivity contribution in [2.45, 2.75) is 174 Å². The molecule has 0 aromatic heterocycles. The molecule has 314 valence electrons. The summed E-state index contributed by atoms with van der Waals surface area (Å²) in [7, 11) is 1.12. The number of rotatable bonds is 38. The van der Waals surface area contributed by atoms with Gasteiger partial charge in [0.1, 0.15) is 19.8 Å². The van der Waals surface area contributed by atoms with Crippen LogP contribution in [0.1, 0.15) is 168 Å². The van der Waals surface area contributed by atoms with Crippen molar-refractivity contribution in [3.63, 3.8) is 0 Å². The summed E-state index contributed by atoms with van der Waals surface area (Å²) in [6.45, 7) is 4.12. The van der Waals surface area contributed by atoms with Crippen molar-refractivity contribution >= 4 is 19.8 Å². The highest BCUT2D eigenvalue weighted by Gasteiger charge is 2.21. The zero-order valence-electron chi connectivity index (χ0n) is 35.2. The Morgan fingerprint density at radius 2 is 1.02 bits per heavy atom. The van der Waals surface area contributed by atoms with Crippen LogP contribution < -0.4 is 4.89 Å². The molecule has 0 amide bonds. The molecule has 0 radical (unpaired) electrons. The number of ether oxygens (including phenoxy) is 2. The number of phosphoric ester groups is 1. The molecule has 0 aromatic rings. The van der Waals surface area contributed by atoms with E-state index in [1.54, 1.807) is 0 Å². The smallest absolute Gasteiger partial charge is 0.306 e. The molecule has 10 heteroatoms. The van der Waals surface area contributed by atoms with Gasteiger partial charge in [-0.2, -0.15) is 0 Å². The van der Waals surface area contributed by atoms with Gasteiger partial charge in [-0.1, -0.05) is 133 Å². The Bertz CT molecular complexity index is 1070. The molecule has 0 heterocycles. The number of quaternary nitrogens is 1. The van der Waals surface area contributed by atoms with Crippen LogP contribution in [0.15, 0.2) is 48.6 Å². The third kappa shape index (κ3) is 39.7. The fraction of sp³-hybridized carbons (Fsp3) is 0.773. The zero-order chi connectivity index (χ0) is 40.0. The fourth-order valence-corrected chi connectivity index (χ4v) is 6.16. The number of carbonyl (C=O) groups is 2. The number of nitrogens with zero attached hydrogens (tertiary/aromatic N) is 1. The van der Waals surface area contributed by atoms with Gasteiger partial charge in [0, 0.05) is 12.8 Å². The first-order valence-corrected chi connectivity index (χ1v) is 22.8. The first-order chi connectivity index (χ1) is 26.0. The van der Waals surface area contributed by atoms with E-state index in [2.05, 4.69) is 56.4 Å². The number of esters is 2. The molecule has 2 atom stereocenters. The van der Waals surface area contributed by atoms with Gasteiger partial charge in [0.15, 0.2) is 6.10 Å². The van der Waals surface area contributed by atoms with Gasteiger partial charge in [-0.15, -0.1) is 0 Å². The van der Waals surface area contributed by atoms with Gasteiger partial charge in [0.05, 0.1) is 27.7 Å². The van der Waals surface area contributed by atoms with E-state index >= 15 is 0 Å². The van der Waals surface area contributed by atoms with E-state index in [0.717, 1.165) is 51.4 Å². The maximum Gasteiger partial charge on any atom is 0.306 e. The molecule has 0 bridgehead atoms. The molecular weight excluding hydrogens is 701 g/mol. The summed E-state index contributed by atoms with van der Waals surface area (Å²) in [5.41, 5.74) is 0. The van der Waals surface area contributed by atoms with Crippen LogP contribution in [0.25, 0.3) is 0 Å². The van der Waals surface area contributed by atoms with Crippen molar-refractivity contribution in [3.8, 4) is 0 Å². The summed E-state index contributed by atoms with van der Waals surface area (Å²) in [4.78, 5) is 37.4. The third-order valence-corrected chi connectivity index (χ3v) is 9.79. The predicted molar refractivity (Wildman–Crippen MR) is 222 cm³/mol. The maximum absolute atomic E-state index is 12.6. The number of phosphoric acid groups is 1. The molecule has 9 nitrogen and oxygen atoms in total. The molecule has 54 heavy (non-hydrogen) atoms. The number of hydrogen-bond acceptors (Lipinski definition) is 8. The summed E-state index contributed by atoms with van der Waals surface area (Å²) in [6, 6.07) is 0. The maximum atomic E-state index is 12.6. The van der Waals surface area contributed by atoms with Crippen LogP contribution >= 0.6 is 7.82 Å². The van der Waals surface area contributed by atoms with Gasteiger partial charge in [-0.3, -0.25) is 14.2 Å². The van der Waals surface area contributed by atoms with Gasteiger partial charge < -0.3 is 27.9 Å². The van der Waals surface area contributed by atoms with Gasteiger partial charge >= 0.3 is 11.9 Å². The minimum Gasteiger partial charge on any atom is -0.756 e. The van der Waals surface area contributed by atoms with E-state index < -0.39 is 32.5 Å². The standard InChI is InChI=1S/C44H80NO8P/c1-6-8-10-12-14-16-18-20-21-22-23-25-27-29-31-33-35-37-44(47)53-42(41-52-54(48,49)51-39-38-45(3,4)5)40-50-43(46)36-34-32-30-28-26-24-19-17-15-13-11-9-7-2/h17,19-21,23,25,29,31,42H,6-16,18,22,24,26-28,30,32-41H2,1-5H3/b19-17+,21-20+,25-23+,31-29+/t42-/m1/s1. The van der Waals surface area contributed by atoms with E-state index in [4.69, 9.17) is 18.5 Å². The number of allylic oxidation sites excluding steroid dienone is 8. The van der Waals surface area contributed by atoms with Crippen molar-refractivity contribution in [2.75, 3.05) is 47.5 Å². The summed E-state index contributed by atoms with van der Waals surface area (Å²) in [6.07, 6.45) is 41.4. The highest BCUT2D eigenvalue weighted by atomic mass is 31.2. The molecule has 0 spiro atoms. The quantitative estimate of drug-likeness (QED) is 0.0200. The predicted octanol–water partition coefficient (Wildman–Crippen LogP) is 11.3. The van der Waals surface area contributed by atoms with Gasteiger partial charge in [0.25, 0.3) is 7.82 Å². The topological polar surface area (TPSA) is 111 Å². The van der Waals surface area contributed by atoms with E-state index in [1.807, 2.05) is 27.2 Å². The third-order valence-electron chi connectivity index (χ3n) is 8.82. The molecule has 0 saturated carbocycles. The summed E-state index contributed by atoms with van der Waals surface area (Å²) in [5.74, 6) is -0.909. The Labute approximate surface area is 331 Å². The van der Waals surface area contributed by atoms with Gasteiger partial charge in [0.2, 0.25) is 0 Å². The molecule has 1 unspecified atom stereocenters. The van der Waals surface area contributed by atoms with Crippen LogP contribution in [-0.2, 0) is 32.7 Å². The molecule has 0 fully saturated rings. The molecule has 0 saturated heterocycles. The Morgan fingerprint density at radius 3 is 1.57 bits per heavy atom. The van der Waals surface area contributed by atoms with E-state index in [1.165, 1.54) is 70.6 Å². The number of unbranched alkanes of at least 4 members (excludes halogenated alkanes) is 16. The Hall–Kier alpha value is -2.03. The fourth-order valence-electron chi connectivity index (χ4n) is 5.43. The van der Waals surface area contributed by atoms with E-state index in [9.17, 15) is 19.0 Å². The minimum absolute atomic E-state index is 0.0425. The van der Waals surface area contributed by atoms with Crippen LogP contribution in [0, 0.1) is 0 Å². The Morgan fingerprint density at radius 1 is 0.574 bits per heavy atom. The lowest BCUT2D eigenvalue weighted by molar-refractivity contribution is -0.870. The second kappa shape index (κ2) is 36.6. The average molecular weight is 782 g/mol. The minimum atomic E-state index is -4.64. The van der Waals surface area contributed by atoms with E-state index in [-0.39, 0.29) is 26.1 Å². The molecule has 0 aliphatic rings. The summed E-state index contributed by atoms with van der Waals surface area (Å²) < 4.78 is 33.8. The lowest BCUT2D eigenvalue weighted by Crippen LogP contribution is -2.37. The lowest BCUT2D eigenvalue weighted by Gasteiger charge is -2.28. The molecule has 0 aromatic carbocycles. The monoisotopic (exact) mass is 782 g/mol. The molecule has 0 aliphatic carbocycles. The number of hydrogen-bond donors (Lipinski definition) is 0. The summed E-state index contributed by atoms with van der Waals surface area (Å²) >= 11 is 0. The molecule has 0 aliphatic heterocycles. The van der Waals surface area contributed by atoms with Crippen molar-refractivity contribution in [2.24, 2.45) is 0 Å². The van der Waals surface area contributed by atoms with Crippen LogP contribution in [0.2, 0.25) is 0 Å². The highest BCUT2D eigenvalue weighted by molar-refractivity contribution is 7.45. The first-order valence-electron chi connectivity index (χ1n) is 21.3. The number of likely N-dealkylation sites (N-methyl/N-ethyl adjacent to an activating group) is 1. The van der Waals surface area contributed by atoms with Crippen LogP contribution in [0.3, 0.4) is 0 Å².